The first-order valence-electron chi connectivity index (χ1n) is 5.70. The molecule has 0 spiro atoms. The molecule has 0 aliphatic heterocycles. The average molecular weight is 258 g/mol. The molecule has 3 aromatic rings. The zero-order valence-corrected chi connectivity index (χ0v) is 10.9. The molecule has 0 saturated carbocycles. The van der Waals surface area contributed by atoms with Gasteiger partial charge < -0.3 is 0 Å². The van der Waals surface area contributed by atoms with Crippen molar-refractivity contribution in [2.75, 3.05) is 0 Å². The Morgan fingerprint density at radius 2 is 1.94 bits per heavy atom. The van der Waals surface area contributed by atoms with Gasteiger partial charge in [0, 0.05) is 36.0 Å². The Morgan fingerprint density at radius 1 is 1.17 bits per heavy atom. The fourth-order valence-corrected chi connectivity index (χ4v) is 2.53. The van der Waals surface area contributed by atoms with Crippen LogP contribution in [0.4, 0.5) is 0 Å². The van der Waals surface area contributed by atoms with Gasteiger partial charge in [-0.15, -0.1) is 0 Å². The van der Waals surface area contributed by atoms with Crippen molar-refractivity contribution in [3.63, 3.8) is 0 Å². The summed E-state index contributed by atoms with van der Waals surface area (Å²) in [5.74, 6) is 0. The molecular weight excluding hydrogens is 246 g/mol. The van der Waals surface area contributed by atoms with Gasteiger partial charge in [0.25, 0.3) is 0 Å². The van der Waals surface area contributed by atoms with E-state index in [1.54, 1.807) is 4.68 Å². The number of rotatable bonds is 1. The van der Waals surface area contributed by atoms with E-state index < -0.39 is 0 Å². The fraction of sp³-hybridized carbons (Fsp3) is 0.143. The lowest BCUT2D eigenvalue weighted by Gasteiger charge is -2.05. The Morgan fingerprint density at radius 3 is 2.67 bits per heavy atom. The molecule has 0 N–H and O–H groups in total. The van der Waals surface area contributed by atoms with Gasteiger partial charge in [-0.1, -0.05) is 35.9 Å². The molecule has 0 saturated heterocycles. The van der Waals surface area contributed by atoms with Crippen LogP contribution in [0.3, 0.4) is 0 Å². The van der Waals surface area contributed by atoms with E-state index >= 15 is 0 Å². The van der Waals surface area contributed by atoms with Crippen molar-refractivity contribution < 1.29 is 0 Å². The number of hydrogen-bond donors (Lipinski definition) is 0. The second-order valence-corrected chi connectivity index (χ2v) is 4.64. The molecule has 2 aromatic heterocycles. The molecule has 3 rings (SSSR count). The average Bonchev–Trinajstić information content (AvgIpc) is 2.63. The molecule has 0 amide bonds. The third kappa shape index (κ3) is 1.59. The molecule has 18 heavy (non-hydrogen) atoms. The number of aromatic nitrogens is 3. The van der Waals surface area contributed by atoms with Gasteiger partial charge in [-0.05, 0) is 12.3 Å². The summed E-state index contributed by atoms with van der Waals surface area (Å²) in [6.07, 6.45) is 3.71. The maximum Gasteiger partial charge on any atom is 0.134 e. The van der Waals surface area contributed by atoms with Crippen molar-refractivity contribution in [1.82, 2.24) is 14.8 Å². The lowest BCUT2D eigenvalue weighted by molar-refractivity contribution is 0.757. The molecule has 2 heterocycles. The molecule has 0 unspecified atom stereocenters. The van der Waals surface area contributed by atoms with E-state index in [9.17, 15) is 0 Å². The fourth-order valence-electron chi connectivity index (χ4n) is 2.25. The monoisotopic (exact) mass is 257 g/mol. The van der Waals surface area contributed by atoms with E-state index in [0.717, 1.165) is 27.6 Å². The van der Waals surface area contributed by atoms with Gasteiger partial charge in [0.15, 0.2) is 0 Å². The molecule has 0 radical (unpaired) electrons. The number of halogens is 1. The predicted octanol–water partition coefficient (Wildman–Crippen LogP) is 3.60. The number of pyridine rings is 1. The number of benzene rings is 1. The largest absolute Gasteiger partial charge is 0.263 e. The Bertz CT molecular complexity index is 726. The highest BCUT2D eigenvalue weighted by atomic mass is 35.5. The second kappa shape index (κ2) is 4.10. The van der Waals surface area contributed by atoms with E-state index in [2.05, 4.69) is 16.1 Å². The lowest BCUT2D eigenvalue weighted by Crippen LogP contribution is -1.89. The first kappa shape index (κ1) is 11.2. The summed E-state index contributed by atoms with van der Waals surface area (Å²) in [6, 6.07) is 8.15. The maximum atomic E-state index is 6.32. The highest BCUT2D eigenvalue weighted by Crippen LogP contribution is 2.34. The van der Waals surface area contributed by atoms with Crippen LogP contribution in [0.5, 0.6) is 0 Å². The lowest BCUT2D eigenvalue weighted by atomic mass is 10.0. The second-order valence-electron chi connectivity index (χ2n) is 4.28. The van der Waals surface area contributed by atoms with Crippen LogP contribution in [0.2, 0.25) is 5.15 Å². The van der Waals surface area contributed by atoms with Gasteiger partial charge in [0.2, 0.25) is 0 Å². The van der Waals surface area contributed by atoms with Crippen molar-refractivity contribution in [1.29, 1.82) is 0 Å². The Kier molecular flexibility index (Phi) is 2.56. The van der Waals surface area contributed by atoms with E-state index in [1.807, 2.05) is 44.6 Å². The van der Waals surface area contributed by atoms with Crippen LogP contribution in [0.25, 0.3) is 21.9 Å². The van der Waals surface area contributed by atoms with Crippen LogP contribution in [0, 0.1) is 6.92 Å². The first-order chi connectivity index (χ1) is 8.68. The molecule has 4 heteroatoms. The molecule has 1 aromatic carbocycles. The molecule has 0 aliphatic rings. The predicted molar refractivity (Wildman–Crippen MR) is 73.7 cm³/mol. The minimum atomic E-state index is 0.644. The third-order valence-corrected chi connectivity index (χ3v) is 3.52. The Hall–Kier alpha value is -1.87. The minimum Gasteiger partial charge on any atom is -0.263 e. The Balaban J connectivity index is 2.38. The smallest absolute Gasteiger partial charge is 0.134 e. The van der Waals surface area contributed by atoms with E-state index in [4.69, 9.17) is 11.6 Å². The summed E-state index contributed by atoms with van der Waals surface area (Å²) in [5, 5.41) is 7.24. The molecule has 0 atom stereocenters. The number of nitrogens with zero attached hydrogens (tertiary/aromatic N) is 3. The van der Waals surface area contributed by atoms with Crippen LogP contribution in [-0.2, 0) is 7.05 Å². The van der Waals surface area contributed by atoms with Gasteiger partial charge in [0.05, 0.1) is 5.69 Å². The van der Waals surface area contributed by atoms with Gasteiger partial charge in [-0.2, -0.15) is 5.10 Å². The topological polar surface area (TPSA) is 30.7 Å². The minimum absolute atomic E-state index is 0.644. The summed E-state index contributed by atoms with van der Waals surface area (Å²) >= 11 is 6.32. The molecule has 3 nitrogen and oxygen atoms in total. The number of fused-ring (bicyclic) bond motifs is 1. The summed E-state index contributed by atoms with van der Waals surface area (Å²) in [6.45, 7) is 1.96. The summed E-state index contributed by atoms with van der Waals surface area (Å²) in [4.78, 5) is 4.29. The van der Waals surface area contributed by atoms with Crippen LogP contribution < -0.4 is 0 Å². The molecule has 0 aliphatic carbocycles. The summed E-state index contributed by atoms with van der Waals surface area (Å²) in [7, 11) is 1.84. The molecular formula is C14H12ClN3. The SMILES string of the molecule is Cc1nn(C)c(Cl)c1-c1cncc2ccccc12. The van der Waals surface area contributed by atoms with E-state index in [-0.39, 0.29) is 0 Å². The van der Waals surface area contributed by atoms with Crippen LogP contribution >= 0.6 is 11.6 Å². The highest BCUT2D eigenvalue weighted by Gasteiger charge is 2.15. The van der Waals surface area contributed by atoms with Crippen molar-refractivity contribution >= 4 is 22.4 Å². The van der Waals surface area contributed by atoms with E-state index in [1.165, 1.54) is 0 Å². The zero-order valence-electron chi connectivity index (χ0n) is 10.2. The van der Waals surface area contributed by atoms with Gasteiger partial charge >= 0.3 is 0 Å². The van der Waals surface area contributed by atoms with Crippen LogP contribution in [-0.4, -0.2) is 14.8 Å². The standard InChI is InChI=1S/C14H12ClN3/c1-9-13(14(15)18(2)17-9)12-8-16-7-10-5-3-4-6-11(10)12/h3-8H,1-2H3. The number of hydrogen-bond acceptors (Lipinski definition) is 2. The third-order valence-electron chi connectivity index (χ3n) is 3.09. The number of aryl methyl sites for hydroxylation is 2. The van der Waals surface area contributed by atoms with Gasteiger partial charge in [-0.3, -0.25) is 9.67 Å². The normalized spacial score (nSPS) is 11.1. The van der Waals surface area contributed by atoms with Crippen LogP contribution in [0.15, 0.2) is 36.7 Å². The summed E-state index contributed by atoms with van der Waals surface area (Å²) in [5.41, 5.74) is 2.91. The van der Waals surface area contributed by atoms with Crippen LogP contribution in [0.1, 0.15) is 5.69 Å². The molecule has 0 fully saturated rings. The van der Waals surface area contributed by atoms with Gasteiger partial charge in [-0.25, -0.2) is 0 Å². The summed E-state index contributed by atoms with van der Waals surface area (Å²) < 4.78 is 1.69. The molecule has 90 valence electrons. The van der Waals surface area contributed by atoms with Crippen molar-refractivity contribution in [2.24, 2.45) is 7.05 Å². The van der Waals surface area contributed by atoms with Crippen molar-refractivity contribution in [3.8, 4) is 11.1 Å². The first-order valence-corrected chi connectivity index (χ1v) is 6.08. The van der Waals surface area contributed by atoms with Gasteiger partial charge in [0.1, 0.15) is 5.15 Å². The highest BCUT2D eigenvalue weighted by molar-refractivity contribution is 6.32. The molecule has 0 bridgehead atoms. The maximum absolute atomic E-state index is 6.32. The van der Waals surface area contributed by atoms with Crippen molar-refractivity contribution in [2.45, 2.75) is 6.92 Å². The Labute approximate surface area is 110 Å². The zero-order chi connectivity index (χ0) is 12.7. The quantitative estimate of drug-likeness (QED) is 0.667. The van der Waals surface area contributed by atoms with Crippen molar-refractivity contribution in [3.05, 3.63) is 47.5 Å². The van der Waals surface area contributed by atoms with E-state index in [0.29, 0.717) is 5.15 Å².